The second-order valence-electron chi connectivity index (χ2n) is 9.01. The quantitative estimate of drug-likeness (QED) is 0.665. The van der Waals surface area contributed by atoms with Crippen LogP contribution in [0.5, 0.6) is 11.5 Å². The van der Waals surface area contributed by atoms with Gasteiger partial charge < -0.3 is 14.8 Å². The normalized spacial score (nSPS) is 18.9. The third-order valence-corrected chi connectivity index (χ3v) is 7.02. The highest BCUT2D eigenvalue weighted by Crippen LogP contribution is 2.33. The predicted molar refractivity (Wildman–Crippen MR) is 125 cm³/mol. The molecule has 1 unspecified atom stereocenters. The molecule has 1 N–H and O–H groups in total. The number of rotatable bonds is 8. The van der Waals surface area contributed by atoms with E-state index in [0.717, 1.165) is 68.1 Å². The lowest BCUT2D eigenvalue weighted by Crippen LogP contribution is -2.42. The highest BCUT2D eigenvalue weighted by atomic mass is 16.5. The molecule has 1 atom stereocenters. The first-order chi connectivity index (χ1) is 15.7. The van der Waals surface area contributed by atoms with Crippen LogP contribution in [0, 0.1) is 11.8 Å². The maximum Gasteiger partial charge on any atom is 0.223 e. The standard InChI is InChI=1S/C26H35N3O3/c1-31-22-10-11-24(32-2)21(17-22)18-29-15-12-19(13-16-29)25(23-9-5-6-14-27-23)28-26(30)20-7-3-4-8-20/h5-6,9-11,14,17,19-20,25H,3-4,7-8,12-13,15-16,18H2,1-2H3,(H,28,30). The summed E-state index contributed by atoms with van der Waals surface area (Å²) < 4.78 is 11.0. The topological polar surface area (TPSA) is 63.7 Å². The molecule has 2 fully saturated rings. The Morgan fingerprint density at radius 2 is 1.88 bits per heavy atom. The lowest BCUT2D eigenvalue weighted by atomic mass is 9.86. The molecule has 1 aliphatic carbocycles. The number of carbonyl (C=O) groups excluding carboxylic acids is 1. The molecule has 2 aromatic rings. The summed E-state index contributed by atoms with van der Waals surface area (Å²) in [5.74, 6) is 2.51. The Balaban J connectivity index is 1.41. The molecule has 0 radical (unpaired) electrons. The van der Waals surface area contributed by atoms with Gasteiger partial charge in [-0.15, -0.1) is 0 Å². The van der Waals surface area contributed by atoms with Crippen molar-refractivity contribution in [1.82, 2.24) is 15.2 Å². The summed E-state index contributed by atoms with van der Waals surface area (Å²) in [6, 6.07) is 11.9. The Hall–Kier alpha value is -2.60. The van der Waals surface area contributed by atoms with Gasteiger partial charge in [-0.1, -0.05) is 18.9 Å². The van der Waals surface area contributed by atoms with Gasteiger partial charge in [0.25, 0.3) is 0 Å². The van der Waals surface area contributed by atoms with Gasteiger partial charge in [-0.25, -0.2) is 0 Å². The first-order valence-electron chi connectivity index (χ1n) is 11.8. The van der Waals surface area contributed by atoms with Gasteiger partial charge in [-0.05, 0) is 75.0 Å². The van der Waals surface area contributed by atoms with E-state index in [1.807, 2.05) is 36.5 Å². The van der Waals surface area contributed by atoms with Crippen LogP contribution in [0.15, 0.2) is 42.6 Å². The number of likely N-dealkylation sites (tertiary alicyclic amines) is 1. The number of benzene rings is 1. The van der Waals surface area contributed by atoms with Gasteiger partial charge in [-0.2, -0.15) is 0 Å². The van der Waals surface area contributed by atoms with E-state index in [9.17, 15) is 4.79 Å². The summed E-state index contributed by atoms with van der Waals surface area (Å²) >= 11 is 0. The number of piperidine rings is 1. The second-order valence-corrected chi connectivity index (χ2v) is 9.01. The van der Waals surface area contributed by atoms with E-state index >= 15 is 0 Å². The van der Waals surface area contributed by atoms with E-state index in [4.69, 9.17) is 9.47 Å². The molecule has 6 heteroatoms. The van der Waals surface area contributed by atoms with E-state index in [1.54, 1.807) is 14.2 Å². The Bertz CT molecular complexity index is 875. The first kappa shape index (κ1) is 22.6. The van der Waals surface area contributed by atoms with Crippen molar-refractivity contribution < 1.29 is 14.3 Å². The van der Waals surface area contributed by atoms with Crippen molar-refractivity contribution in [1.29, 1.82) is 0 Å². The van der Waals surface area contributed by atoms with Crippen molar-refractivity contribution in [2.24, 2.45) is 11.8 Å². The summed E-state index contributed by atoms with van der Waals surface area (Å²) in [6.07, 6.45) is 8.24. The molecular weight excluding hydrogens is 402 g/mol. The molecule has 1 amide bonds. The summed E-state index contributed by atoms with van der Waals surface area (Å²) in [5, 5.41) is 3.39. The van der Waals surface area contributed by atoms with Gasteiger partial charge in [0.1, 0.15) is 11.5 Å². The van der Waals surface area contributed by atoms with Crippen LogP contribution in [0.25, 0.3) is 0 Å². The molecule has 0 bridgehead atoms. The Morgan fingerprint density at radius 1 is 1.09 bits per heavy atom. The molecule has 4 rings (SSSR count). The maximum absolute atomic E-state index is 12.9. The third-order valence-electron chi connectivity index (χ3n) is 7.02. The molecule has 2 heterocycles. The van der Waals surface area contributed by atoms with E-state index < -0.39 is 0 Å². The fourth-order valence-electron chi connectivity index (χ4n) is 5.14. The zero-order valence-corrected chi connectivity index (χ0v) is 19.3. The number of methoxy groups -OCH3 is 2. The number of nitrogens with zero attached hydrogens (tertiary/aromatic N) is 2. The summed E-state index contributed by atoms with van der Waals surface area (Å²) in [5.41, 5.74) is 2.12. The van der Waals surface area contributed by atoms with Crippen LogP contribution in [-0.2, 0) is 11.3 Å². The van der Waals surface area contributed by atoms with Crippen LogP contribution >= 0.6 is 0 Å². The average molecular weight is 438 g/mol. The van der Waals surface area contributed by atoms with Gasteiger partial charge >= 0.3 is 0 Å². The van der Waals surface area contributed by atoms with E-state index in [2.05, 4.69) is 21.3 Å². The van der Waals surface area contributed by atoms with Crippen LogP contribution in [0.4, 0.5) is 0 Å². The number of hydrogen-bond donors (Lipinski definition) is 1. The largest absolute Gasteiger partial charge is 0.497 e. The Morgan fingerprint density at radius 3 is 2.53 bits per heavy atom. The number of pyridine rings is 1. The van der Waals surface area contributed by atoms with Crippen LogP contribution in [0.2, 0.25) is 0 Å². The van der Waals surface area contributed by atoms with Gasteiger partial charge in [0.2, 0.25) is 5.91 Å². The van der Waals surface area contributed by atoms with Crippen LogP contribution in [0.3, 0.4) is 0 Å². The minimum absolute atomic E-state index is 0.0159. The highest BCUT2D eigenvalue weighted by molar-refractivity contribution is 5.79. The van der Waals surface area contributed by atoms with Crippen molar-refractivity contribution in [3.63, 3.8) is 0 Å². The van der Waals surface area contributed by atoms with E-state index in [1.165, 1.54) is 12.8 Å². The summed E-state index contributed by atoms with van der Waals surface area (Å²) in [4.78, 5) is 20.0. The number of aromatic nitrogens is 1. The molecule has 2 aliphatic rings. The molecule has 6 nitrogen and oxygen atoms in total. The van der Waals surface area contributed by atoms with Gasteiger partial charge in [0, 0.05) is 24.2 Å². The molecule has 1 saturated heterocycles. The van der Waals surface area contributed by atoms with Crippen LogP contribution < -0.4 is 14.8 Å². The smallest absolute Gasteiger partial charge is 0.223 e. The first-order valence-corrected chi connectivity index (χ1v) is 11.8. The molecule has 1 aromatic heterocycles. The Labute approximate surface area is 191 Å². The monoisotopic (exact) mass is 437 g/mol. The second kappa shape index (κ2) is 10.8. The van der Waals surface area contributed by atoms with Gasteiger partial charge in [0.05, 0.1) is 26.0 Å². The third kappa shape index (κ3) is 5.41. The number of ether oxygens (including phenoxy) is 2. The van der Waals surface area contributed by atoms with Gasteiger partial charge in [0.15, 0.2) is 0 Å². The van der Waals surface area contributed by atoms with Gasteiger partial charge in [-0.3, -0.25) is 14.7 Å². The molecule has 172 valence electrons. The Kier molecular flexibility index (Phi) is 7.63. The highest BCUT2D eigenvalue weighted by Gasteiger charge is 2.32. The molecule has 1 saturated carbocycles. The van der Waals surface area contributed by atoms with Crippen molar-refractivity contribution in [2.75, 3.05) is 27.3 Å². The number of carbonyl (C=O) groups is 1. The lowest BCUT2D eigenvalue weighted by molar-refractivity contribution is -0.126. The SMILES string of the molecule is COc1ccc(OC)c(CN2CCC(C(NC(=O)C3CCCC3)c3ccccn3)CC2)c1. The molecule has 1 aliphatic heterocycles. The van der Waals surface area contributed by atoms with Crippen molar-refractivity contribution in [3.05, 3.63) is 53.9 Å². The number of amides is 1. The molecule has 0 spiro atoms. The predicted octanol–water partition coefficient (Wildman–Crippen LogP) is 4.36. The molecule has 32 heavy (non-hydrogen) atoms. The van der Waals surface area contributed by atoms with Crippen molar-refractivity contribution in [3.8, 4) is 11.5 Å². The van der Waals surface area contributed by atoms with E-state index in [-0.39, 0.29) is 17.9 Å². The molecule has 1 aromatic carbocycles. The van der Waals surface area contributed by atoms with E-state index in [0.29, 0.717) is 5.92 Å². The zero-order chi connectivity index (χ0) is 22.3. The fraction of sp³-hybridized carbons (Fsp3) is 0.538. The van der Waals surface area contributed by atoms with Crippen LogP contribution in [0.1, 0.15) is 55.8 Å². The minimum atomic E-state index is -0.0159. The summed E-state index contributed by atoms with van der Waals surface area (Å²) in [7, 11) is 3.40. The van der Waals surface area contributed by atoms with Crippen molar-refractivity contribution >= 4 is 5.91 Å². The lowest BCUT2D eigenvalue weighted by Gasteiger charge is -2.36. The number of nitrogens with one attached hydrogen (secondary N) is 1. The molecular formula is C26H35N3O3. The maximum atomic E-state index is 12.9. The number of hydrogen-bond acceptors (Lipinski definition) is 5. The minimum Gasteiger partial charge on any atom is -0.497 e. The van der Waals surface area contributed by atoms with Crippen molar-refractivity contribution in [2.45, 2.75) is 51.1 Å². The summed E-state index contributed by atoms with van der Waals surface area (Å²) in [6.45, 7) is 2.79. The van der Waals surface area contributed by atoms with Crippen LogP contribution in [-0.4, -0.2) is 43.1 Å². The fourth-order valence-corrected chi connectivity index (χ4v) is 5.14. The average Bonchev–Trinajstić information content (AvgIpc) is 3.39. The zero-order valence-electron chi connectivity index (χ0n) is 19.3.